The van der Waals surface area contributed by atoms with E-state index in [1.807, 2.05) is 34.6 Å². The Hall–Kier alpha value is -1.71. The second kappa shape index (κ2) is 8.11. The molecule has 4 heteroatoms. The van der Waals surface area contributed by atoms with Gasteiger partial charge in [0.1, 0.15) is 11.5 Å². The number of phenolic OH excluding ortho intramolecular Hbond substituents is 2. The first-order valence-corrected chi connectivity index (χ1v) is 9.22. The second-order valence-electron chi connectivity index (χ2n) is 8.60. The van der Waals surface area contributed by atoms with Crippen molar-refractivity contribution in [3.63, 3.8) is 0 Å². The fourth-order valence-electron chi connectivity index (χ4n) is 3.45. The standard InChI is InChI=1S/C21H34O4/c1-7-8-9-10-11-14(19(24)25)21(5,6)16-13-17(22)15(12-18(16)23)20(2,3)4/h12-14,22-23H,7-11H2,1-6H3,(H,24,25). The average Bonchev–Trinajstić information content (AvgIpc) is 2.47. The van der Waals surface area contributed by atoms with Crippen LogP contribution in [0.3, 0.4) is 0 Å². The highest BCUT2D eigenvalue weighted by Crippen LogP contribution is 2.44. The number of hydrogen-bond donors (Lipinski definition) is 3. The smallest absolute Gasteiger partial charge is 0.307 e. The van der Waals surface area contributed by atoms with E-state index in [2.05, 4.69) is 6.92 Å². The molecule has 0 heterocycles. The van der Waals surface area contributed by atoms with E-state index < -0.39 is 17.3 Å². The zero-order valence-electron chi connectivity index (χ0n) is 16.5. The zero-order chi connectivity index (χ0) is 19.4. The first kappa shape index (κ1) is 21.3. The summed E-state index contributed by atoms with van der Waals surface area (Å²) in [6.45, 7) is 11.7. The van der Waals surface area contributed by atoms with Gasteiger partial charge in [-0.15, -0.1) is 0 Å². The van der Waals surface area contributed by atoms with Crippen molar-refractivity contribution >= 4 is 5.97 Å². The molecule has 3 N–H and O–H groups in total. The summed E-state index contributed by atoms with van der Waals surface area (Å²) in [5.41, 5.74) is 0.0485. The molecule has 0 aliphatic heterocycles. The molecule has 0 aliphatic carbocycles. The Bertz CT molecular complexity index is 597. The fourth-order valence-corrected chi connectivity index (χ4v) is 3.45. The molecule has 0 saturated heterocycles. The lowest BCUT2D eigenvalue weighted by molar-refractivity contribution is -0.144. The maximum Gasteiger partial charge on any atom is 0.307 e. The van der Waals surface area contributed by atoms with E-state index >= 15 is 0 Å². The van der Waals surface area contributed by atoms with Crippen LogP contribution in [0.2, 0.25) is 0 Å². The van der Waals surface area contributed by atoms with Crippen molar-refractivity contribution in [2.75, 3.05) is 0 Å². The number of rotatable bonds is 8. The molecule has 0 radical (unpaired) electrons. The molecule has 1 aromatic carbocycles. The van der Waals surface area contributed by atoms with E-state index in [0.29, 0.717) is 17.5 Å². The number of unbranched alkanes of at least 4 members (excludes halogenated alkanes) is 3. The molecule has 0 saturated carbocycles. The maximum atomic E-state index is 11.9. The third kappa shape index (κ3) is 5.13. The lowest BCUT2D eigenvalue weighted by Gasteiger charge is -2.34. The first-order chi connectivity index (χ1) is 11.4. The molecule has 0 aromatic heterocycles. The normalized spacial score (nSPS) is 13.7. The Labute approximate surface area is 151 Å². The Morgan fingerprint density at radius 2 is 1.48 bits per heavy atom. The number of benzene rings is 1. The molecule has 1 unspecified atom stereocenters. The molecule has 0 amide bonds. The third-order valence-electron chi connectivity index (χ3n) is 5.13. The minimum atomic E-state index is -0.861. The molecule has 1 aromatic rings. The van der Waals surface area contributed by atoms with Gasteiger partial charge in [-0.2, -0.15) is 0 Å². The molecular weight excluding hydrogens is 316 g/mol. The van der Waals surface area contributed by atoms with Crippen LogP contribution in [0.1, 0.15) is 84.8 Å². The van der Waals surface area contributed by atoms with Crippen molar-refractivity contribution in [3.05, 3.63) is 23.3 Å². The SMILES string of the molecule is CCCCCCC(C(=O)O)C(C)(C)c1cc(O)c(C(C)(C)C)cc1O. The van der Waals surface area contributed by atoms with Gasteiger partial charge >= 0.3 is 5.97 Å². The highest BCUT2D eigenvalue weighted by atomic mass is 16.4. The van der Waals surface area contributed by atoms with Gasteiger partial charge in [0.25, 0.3) is 0 Å². The number of aliphatic carboxylic acids is 1. The highest BCUT2D eigenvalue weighted by molar-refractivity contribution is 5.73. The second-order valence-corrected chi connectivity index (χ2v) is 8.60. The fraction of sp³-hybridized carbons (Fsp3) is 0.667. The summed E-state index contributed by atoms with van der Waals surface area (Å²) in [4.78, 5) is 11.9. The van der Waals surface area contributed by atoms with Crippen LogP contribution >= 0.6 is 0 Å². The average molecular weight is 350 g/mol. The van der Waals surface area contributed by atoms with Gasteiger partial charge in [-0.1, -0.05) is 67.2 Å². The van der Waals surface area contributed by atoms with Crippen molar-refractivity contribution in [2.45, 2.75) is 84.5 Å². The quantitative estimate of drug-likeness (QED) is 0.436. The van der Waals surface area contributed by atoms with Crippen LogP contribution in [0.4, 0.5) is 0 Å². The molecule has 0 fully saturated rings. The number of hydrogen-bond acceptors (Lipinski definition) is 3. The summed E-state index contributed by atoms with van der Waals surface area (Å²) >= 11 is 0. The van der Waals surface area contributed by atoms with Gasteiger partial charge in [0, 0.05) is 16.5 Å². The van der Waals surface area contributed by atoms with Gasteiger partial charge in [-0.05, 0) is 24.0 Å². The summed E-state index contributed by atoms with van der Waals surface area (Å²) in [6.07, 6.45) is 4.62. The maximum absolute atomic E-state index is 11.9. The summed E-state index contributed by atoms with van der Waals surface area (Å²) in [6, 6.07) is 3.11. The number of carboxylic acids is 1. The molecule has 142 valence electrons. The van der Waals surface area contributed by atoms with Crippen molar-refractivity contribution in [1.82, 2.24) is 0 Å². The Morgan fingerprint density at radius 3 is 1.96 bits per heavy atom. The van der Waals surface area contributed by atoms with Gasteiger partial charge < -0.3 is 15.3 Å². The monoisotopic (exact) mass is 350 g/mol. The van der Waals surface area contributed by atoms with Crippen molar-refractivity contribution < 1.29 is 20.1 Å². The van der Waals surface area contributed by atoms with E-state index in [4.69, 9.17) is 0 Å². The minimum Gasteiger partial charge on any atom is -0.508 e. The molecule has 1 atom stereocenters. The van der Waals surface area contributed by atoms with Gasteiger partial charge in [0.05, 0.1) is 5.92 Å². The number of phenols is 2. The van der Waals surface area contributed by atoms with Crippen molar-refractivity contribution in [3.8, 4) is 11.5 Å². The largest absolute Gasteiger partial charge is 0.508 e. The summed E-state index contributed by atoms with van der Waals surface area (Å²) in [7, 11) is 0. The summed E-state index contributed by atoms with van der Waals surface area (Å²) < 4.78 is 0. The molecule has 0 spiro atoms. The van der Waals surface area contributed by atoms with Gasteiger partial charge in [0.2, 0.25) is 0 Å². The summed E-state index contributed by atoms with van der Waals surface area (Å²) in [5, 5.41) is 30.7. The molecule has 25 heavy (non-hydrogen) atoms. The van der Waals surface area contributed by atoms with Gasteiger partial charge in [-0.3, -0.25) is 4.79 Å². The van der Waals surface area contributed by atoms with Crippen LogP contribution in [0.5, 0.6) is 11.5 Å². The molecule has 0 bridgehead atoms. The van der Waals surface area contributed by atoms with E-state index in [-0.39, 0.29) is 16.9 Å². The predicted molar refractivity (Wildman–Crippen MR) is 101 cm³/mol. The van der Waals surface area contributed by atoms with Crippen LogP contribution in [0.15, 0.2) is 12.1 Å². The van der Waals surface area contributed by atoms with Crippen LogP contribution in [-0.2, 0) is 15.6 Å². The number of aromatic hydroxyl groups is 2. The molecule has 4 nitrogen and oxygen atoms in total. The number of carbonyl (C=O) groups is 1. The highest BCUT2D eigenvalue weighted by Gasteiger charge is 2.39. The Balaban J connectivity index is 3.21. The van der Waals surface area contributed by atoms with Crippen LogP contribution in [-0.4, -0.2) is 21.3 Å². The van der Waals surface area contributed by atoms with E-state index in [1.165, 1.54) is 6.07 Å². The van der Waals surface area contributed by atoms with Crippen LogP contribution in [0, 0.1) is 5.92 Å². The van der Waals surface area contributed by atoms with Crippen LogP contribution < -0.4 is 0 Å². The Morgan fingerprint density at radius 1 is 0.960 bits per heavy atom. The van der Waals surface area contributed by atoms with Crippen LogP contribution in [0.25, 0.3) is 0 Å². The topological polar surface area (TPSA) is 77.8 Å². The lowest BCUT2D eigenvalue weighted by atomic mass is 9.70. The third-order valence-corrected chi connectivity index (χ3v) is 5.13. The molecule has 1 rings (SSSR count). The van der Waals surface area contributed by atoms with Gasteiger partial charge in [0.15, 0.2) is 0 Å². The molecular formula is C21H34O4. The Kier molecular flexibility index (Phi) is 6.92. The molecule has 0 aliphatic rings. The zero-order valence-corrected chi connectivity index (χ0v) is 16.5. The minimum absolute atomic E-state index is 0.0486. The van der Waals surface area contributed by atoms with Crippen molar-refractivity contribution in [2.24, 2.45) is 5.92 Å². The lowest BCUT2D eigenvalue weighted by Crippen LogP contribution is -2.35. The van der Waals surface area contributed by atoms with E-state index in [0.717, 1.165) is 25.7 Å². The van der Waals surface area contributed by atoms with E-state index in [9.17, 15) is 20.1 Å². The predicted octanol–water partition coefficient (Wildman–Crippen LogP) is 5.34. The number of carboxylic acid groups (broad SMARTS) is 1. The summed E-state index contributed by atoms with van der Waals surface area (Å²) in [5.74, 6) is -1.33. The van der Waals surface area contributed by atoms with Gasteiger partial charge in [-0.25, -0.2) is 0 Å². The first-order valence-electron chi connectivity index (χ1n) is 9.22. The van der Waals surface area contributed by atoms with Crippen molar-refractivity contribution in [1.29, 1.82) is 0 Å². The van der Waals surface area contributed by atoms with E-state index in [1.54, 1.807) is 6.07 Å².